The molecule has 0 saturated carbocycles. The van der Waals surface area contributed by atoms with Crippen LogP contribution in [0, 0.1) is 0 Å². The van der Waals surface area contributed by atoms with E-state index in [1.54, 1.807) is 0 Å². The van der Waals surface area contributed by atoms with Gasteiger partial charge in [-0.3, -0.25) is 4.79 Å². The van der Waals surface area contributed by atoms with E-state index in [1.807, 2.05) is 18.3 Å². The predicted octanol–water partition coefficient (Wildman–Crippen LogP) is 4.21. The van der Waals surface area contributed by atoms with Gasteiger partial charge in [-0.25, -0.2) is 0 Å². The van der Waals surface area contributed by atoms with Crippen molar-refractivity contribution in [3.05, 3.63) is 59.8 Å². The van der Waals surface area contributed by atoms with Gasteiger partial charge in [0.2, 0.25) is 0 Å². The van der Waals surface area contributed by atoms with Crippen molar-refractivity contribution in [2.75, 3.05) is 5.32 Å². The highest BCUT2D eigenvalue weighted by atomic mass is 16.1. The maximum absolute atomic E-state index is 12.4. The highest BCUT2D eigenvalue weighted by molar-refractivity contribution is 6.29. The van der Waals surface area contributed by atoms with Crippen LogP contribution in [0.25, 0.3) is 5.57 Å². The van der Waals surface area contributed by atoms with Crippen molar-refractivity contribution in [1.29, 1.82) is 0 Å². The third-order valence-corrected chi connectivity index (χ3v) is 4.10. The monoisotopic (exact) mass is 265 g/mol. The van der Waals surface area contributed by atoms with Crippen molar-refractivity contribution >= 4 is 17.0 Å². The van der Waals surface area contributed by atoms with Crippen molar-refractivity contribution in [3.63, 3.8) is 0 Å². The maximum atomic E-state index is 12.4. The first kappa shape index (κ1) is 12.9. The van der Waals surface area contributed by atoms with Gasteiger partial charge < -0.3 is 5.32 Å². The van der Waals surface area contributed by atoms with Gasteiger partial charge in [0, 0.05) is 16.7 Å². The highest BCUT2D eigenvalue weighted by Gasteiger charge is 2.30. The number of hydrogen-bond donors (Lipinski definition) is 1. The summed E-state index contributed by atoms with van der Waals surface area (Å²) in [5.74, 6) is 0.0926. The molecule has 2 heteroatoms. The number of benzene rings is 1. The van der Waals surface area contributed by atoms with Crippen molar-refractivity contribution in [2.24, 2.45) is 0 Å². The number of Topliss-reactive ketones (excluding diaryl/α,β-unsaturated/α-hetero) is 1. The van der Waals surface area contributed by atoms with Crippen LogP contribution in [-0.2, 0) is 10.2 Å². The molecule has 3 rings (SSSR count). The zero-order chi connectivity index (χ0) is 14.3. The minimum atomic E-state index is -0.0862. The van der Waals surface area contributed by atoms with Gasteiger partial charge in [0.05, 0.1) is 0 Å². The molecule has 1 aliphatic heterocycles. The van der Waals surface area contributed by atoms with Crippen LogP contribution in [0.3, 0.4) is 0 Å². The average Bonchev–Trinajstić information content (AvgIpc) is 2.41. The Hall–Kier alpha value is -2.09. The fourth-order valence-electron chi connectivity index (χ4n) is 3.03. The fourth-order valence-corrected chi connectivity index (χ4v) is 3.03. The van der Waals surface area contributed by atoms with Gasteiger partial charge in [0.15, 0.2) is 5.78 Å². The molecule has 2 nitrogen and oxygen atoms in total. The SMILES string of the molecule is C=C1CCC=C(c2cccc3c2C(C)(C)C=CN3)C1=O. The van der Waals surface area contributed by atoms with Crippen LogP contribution < -0.4 is 5.32 Å². The fraction of sp³-hybridized carbons (Fsp3) is 0.278. The Morgan fingerprint density at radius 1 is 1.30 bits per heavy atom. The molecule has 0 unspecified atom stereocenters. The number of fused-ring (bicyclic) bond motifs is 1. The van der Waals surface area contributed by atoms with Crippen LogP contribution in [0.4, 0.5) is 5.69 Å². The summed E-state index contributed by atoms with van der Waals surface area (Å²) in [5, 5.41) is 3.28. The van der Waals surface area contributed by atoms with Crippen molar-refractivity contribution in [2.45, 2.75) is 32.1 Å². The lowest BCUT2D eigenvalue weighted by molar-refractivity contribution is -0.110. The molecule has 102 valence electrons. The highest BCUT2D eigenvalue weighted by Crippen LogP contribution is 2.41. The minimum Gasteiger partial charge on any atom is -0.362 e. The van der Waals surface area contributed by atoms with Crippen LogP contribution in [0.1, 0.15) is 37.8 Å². The lowest BCUT2D eigenvalue weighted by Crippen LogP contribution is -2.23. The Balaban J connectivity index is 2.20. The number of carbonyl (C=O) groups excluding carboxylic acids is 1. The molecule has 0 bridgehead atoms. The molecular formula is C18H19NO. The third-order valence-electron chi connectivity index (χ3n) is 4.10. The molecule has 1 N–H and O–H groups in total. The molecule has 0 atom stereocenters. The average molecular weight is 265 g/mol. The van der Waals surface area contributed by atoms with E-state index in [9.17, 15) is 4.79 Å². The topological polar surface area (TPSA) is 29.1 Å². The summed E-state index contributed by atoms with van der Waals surface area (Å²) >= 11 is 0. The van der Waals surface area contributed by atoms with Crippen molar-refractivity contribution in [3.8, 4) is 0 Å². The van der Waals surface area contributed by atoms with Gasteiger partial charge in [-0.2, -0.15) is 0 Å². The summed E-state index contributed by atoms with van der Waals surface area (Å²) in [5.41, 5.74) is 4.75. The van der Waals surface area contributed by atoms with E-state index in [0.29, 0.717) is 0 Å². The standard InChI is InChI=1S/C18H19NO/c1-12-6-4-8-14(17(12)20)13-7-5-9-15-16(13)18(2,3)10-11-19-15/h5,7-11,19H,1,4,6H2,2-3H3. The molecule has 0 spiro atoms. The molecule has 0 radical (unpaired) electrons. The lowest BCUT2D eigenvalue weighted by atomic mass is 9.75. The van der Waals surface area contributed by atoms with Gasteiger partial charge in [0.25, 0.3) is 0 Å². The number of hydrogen-bond acceptors (Lipinski definition) is 2. The number of nitrogens with one attached hydrogen (secondary N) is 1. The Morgan fingerprint density at radius 2 is 2.10 bits per heavy atom. The van der Waals surface area contributed by atoms with Crippen LogP contribution in [0.5, 0.6) is 0 Å². The van der Waals surface area contributed by atoms with E-state index in [0.717, 1.165) is 35.2 Å². The first-order valence-corrected chi connectivity index (χ1v) is 7.01. The van der Waals surface area contributed by atoms with Gasteiger partial charge in [-0.05, 0) is 41.8 Å². The smallest absolute Gasteiger partial charge is 0.188 e. The number of allylic oxidation sites excluding steroid dienone is 4. The van der Waals surface area contributed by atoms with Crippen molar-refractivity contribution in [1.82, 2.24) is 0 Å². The first-order chi connectivity index (χ1) is 9.50. The van der Waals surface area contributed by atoms with E-state index >= 15 is 0 Å². The second-order valence-electron chi connectivity index (χ2n) is 6.02. The van der Waals surface area contributed by atoms with Crippen LogP contribution in [0.2, 0.25) is 0 Å². The molecule has 1 heterocycles. The van der Waals surface area contributed by atoms with E-state index in [-0.39, 0.29) is 11.2 Å². The minimum absolute atomic E-state index is 0.0862. The Kier molecular flexibility index (Phi) is 2.89. The van der Waals surface area contributed by atoms with E-state index in [1.165, 1.54) is 5.56 Å². The molecule has 0 saturated heterocycles. The Morgan fingerprint density at radius 3 is 2.90 bits per heavy atom. The normalized spacial score (nSPS) is 20.2. The largest absolute Gasteiger partial charge is 0.362 e. The van der Waals surface area contributed by atoms with Gasteiger partial charge >= 0.3 is 0 Å². The number of rotatable bonds is 1. The second kappa shape index (κ2) is 4.48. The third kappa shape index (κ3) is 1.92. The Labute approximate surface area is 119 Å². The molecule has 0 fully saturated rings. The van der Waals surface area contributed by atoms with Crippen LogP contribution >= 0.6 is 0 Å². The second-order valence-corrected chi connectivity index (χ2v) is 6.02. The number of carbonyl (C=O) groups is 1. The van der Waals surface area contributed by atoms with Crippen molar-refractivity contribution < 1.29 is 4.79 Å². The summed E-state index contributed by atoms with van der Waals surface area (Å²) in [7, 11) is 0. The summed E-state index contributed by atoms with van der Waals surface area (Å²) < 4.78 is 0. The van der Waals surface area contributed by atoms with E-state index in [4.69, 9.17) is 0 Å². The summed E-state index contributed by atoms with van der Waals surface area (Å²) in [6, 6.07) is 6.11. The molecule has 2 aliphatic rings. The zero-order valence-electron chi connectivity index (χ0n) is 12.0. The molecule has 1 aromatic carbocycles. The van der Waals surface area contributed by atoms with E-state index in [2.05, 4.69) is 44.0 Å². The zero-order valence-corrected chi connectivity index (χ0v) is 12.0. The van der Waals surface area contributed by atoms with Gasteiger partial charge in [0.1, 0.15) is 0 Å². The summed E-state index contributed by atoms with van der Waals surface area (Å²) in [6.07, 6.45) is 7.84. The summed E-state index contributed by atoms with van der Waals surface area (Å²) in [6.45, 7) is 8.25. The predicted molar refractivity (Wildman–Crippen MR) is 83.6 cm³/mol. The van der Waals surface area contributed by atoms with Crippen LogP contribution in [0.15, 0.2) is 48.7 Å². The van der Waals surface area contributed by atoms with Crippen LogP contribution in [-0.4, -0.2) is 5.78 Å². The lowest BCUT2D eigenvalue weighted by Gasteiger charge is -2.31. The Bertz CT molecular complexity index is 662. The maximum Gasteiger partial charge on any atom is 0.188 e. The molecule has 0 amide bonds. The molecular weight excluding hydrogens is 246 g/mol. The molecule has 0 aromatic heterocycles. The van der Waals surface area contributed by atoms with E-state index < -0.39 is 0 Å². The summed E-state index contributed by atoms with van der Waals surface area (Å²) in [4.78, 5) is 12.4. The van der Waals surface area contributed by atoms with Gasteiger partial charge in [-0.1, -0.05) is 44.7 Å². The number of anilines is 1. The molecule has 1 aromatic rings. The quantitative estimate of drug-likeness (QED) is 0.771. The molecule has 20 heavy (non-hydrogen) atoms. The first-order valence-electron chi connectivity index (χ1n) is 7.01. The van der Waals surface area contributed by atoms with Gasteiger partial charge in [-0.15, -0.1) is 0 Å². The molecule has 1 aliphatic carbocycles. The number of ketones is 1.